The van der Waals surface area contributed by atoms with Gasteiger partial charge in [0.1, 0.15) is 5.82 Å². The van der Waals surface area contributed by atoms with E-state index in [0.717, 1.165) is 0 Å². The molecule has 5 nitrogen and oxygen atoms in total. The lowest BCUT2D eigenvalue weighted by Gasteiger charge is -1.95. The molecule has 0 aliphatic rings. The van der Waals surface area contributed by atoms with Crippen molar-refractivity contribution in [3.8, 4) is 11.4 Å². The highest BCUT2D eigenvalue weighted by atomic mass is 19.1. The molecular weight excluding hydrogens is 249 g/mol. The number of rotatable bonds is 2. The van der Waals surface area contributed by atoms with Crippen molar-refractivity contribution in [1.29, 1.82) is 0 Å². The minimum absolute atomic E-state index is 0.111. The first-order valence-corrected chi connectivity index (χ1v) is 5.50. The third-order valence-corrected chi connectivity index (χ3v) is 2.70. The Labute approximate surface area is 107 Å². The number of nitrogens with zero attached hydrogens (tertiary/aromatic N) is 3. The van der Waals surface area contributed by atoms with E-state index in [1.165, 1.54) is 28.9 Å². The average Bonchev–Trinajstić information content (AvgIpc) is 2.81. The van der Waals surface area contributed by atoms with Crippen LogP contribution in [0.5, 0.6) is 0 Å². The second-order valence-electron chi connectivity index (χ2n) is 3.94. The molecule has 1 N–H and O–H groups in total. The molecule has 0 fully saturated rings. The number of hydrogen-bond donors (Lipinski definition) is 1. The summed E-state index contributed by atoms with van der Waals surface area (Å²) in [5, 5.41) is 13.0. The largest absolute Gasteiger partial charge is 0.478 e. The van der Waals surface area contributed by atoms with Crippen LogP contribution in [0.15, 0.2) is 42.6 Å². The second-order valence-corrected chi connectivity index (χ2v) is 3.94. The van der Waals surface area contributed by atoms with E-state index in [2.05, 4.69) is 10.1 Å². The quantitative estimate of drug-likeness (QED) is 0.764. The van der Waals surface area contributed by atoms with Gasteiger partial charge in [0.15, 0.2) is 11.5 Å². The normalized spacial score (nSPS) is 10.8. The van der Waals surface area contributed by atoms with Gasteiger partial charge in [-0.2, -0.15) is 0 Å². The number of fused-ring (bicyclic) bond motifs is 1. The minimum Gasteiger partial charge on any atom is -0.478 e. The van der Waals surface area contributed by atoms with Gasteiger partial charge in [-0.25, -0.2) is 18.7 Å². The first kappa shape index (κ1) is 11.3. The molecule has 0 bridgehead atoms. The molecule has 0 atom stereocenters. The highest BCUT2D eigenvalue weighted by Gasteiger charge is 2.12. The van der Waals surface area contributed by atoms with Crippen molar-refractivity contribution in [2.45, 2.75) is 0 Å². The fourth-order valence-electron chi connectivity index (χ4n) is 1.77. The van der Waals surface area contributed by atoms with Crippen LogP contribution >= 0.6 is 0 Å². The summed E-state index contributed by atoms with van der Waals surface area (Å²) in [6, 6.07) is 8.96. The van der Waals surface area contributed by atoms with Crippen LogP contribution in [0.4, 0.5) is 4.39 Å². The van der Waals surface area contributed by atoms with Gasteiger partial charge in [0.25, 0.3) is 0 Å². The van der Waals surface area contributed by atoms with Crippen LogP contribution in [0.3, 0.4) is 0 Å². The van der Waals surface area contributed by atoms with Crippen LogP contribution in [-0.4, -0.2) is 25.7 Å². The second kappa shape index (κ2) is 4.16. The van der Waals surface area contributed by atoms with Crippen molar-refractivity contribution in [3.63, 3.8) is 0 Å². The van der Waals surface area contributed by atoms with E-state index in [-0.39, 0.29) is 17.0 Å². The number of hydrogen-bond acceptors (Lipinski definition) is 3. The Bertz CT molecular complexity index is 782. The fourth-order valence-corrected chi connectivity index (χ4v) is 1.77. The summed E-state index contributed by atoms with van der Waals surface area (Å²) in [7, 11) is 0. The number of aromatic nitrogens is 3. The molecule has 0 saturated heterocycles. The third-order valence-electron chi connectivity index (χ3n) is 2.70. The standard InChI is InChI=1S/C13H8FN3O2/c14-10-4-2-1-3-9(10)12-15-11-7-8(13(18)19)5-6-17(11)16-12/h1-7H,(H,18,19). The molecular formula is C13H8FN3O2. The summed E-state index contributed by atoms with van der Waals surface area (Å²) in [5.74, 6) is -1.24. The molecule has 2 aromatic heterocycles. The van der Waals surface area contributed by atoms with Gasteiger partial charge in [0.05, 0.1) is 11.1 Å². The molecule has 0 aliphatic carbocycles. The monoisotopic (exact) mass is 257 g/mol. The number of carboxylic acids is 1. The van der Waals surface area contributed by atoms with E-state index in [1.54, 1.807) is 18.2 Å². The number of aromatic carboxylic acids is 1. The van der Waals surface area contributed by atoms with E-state index in [0.29, 0.717) is 5.65 Å². The SMILES string of the molecule is O=C(O)c1ccn2nc(-c3ccccc3F)nc2c1. The summed E-state index contributed by atoms with van der Waals surface area (Å²) >= 11 is 0. The summed E-state index contributed by atoms with van der Waals surface area (Å²) in [4.78, 5) is 15.0. The molecule has 0 amide bonds. The zero-order valence-corrected chi connectivity index (χ0v) is 9.62. The van der Waals surface area contributed by atoms with E-state index in [9.17, 15) is 9.18 Å². The predicted octanol–water partition coefficient (Wildman–Crippen LogP) is 2.23. The number of carbonyl (C=O) groups is 1. The van der Waals surface area contributed by atoms with Crippen LogP contribution in [0.25, 0.3) is 17.0 Å². The summed E-state index contributed by atoms with van der Waals surface area (Å²) in [6.07, 6.45) is 1.48. The van der Waals surface area contributed by atoms with Crippen molar-refractivity contribution in [2.24, 2.45) is 0 Å². The molecule has 0 aliphatic heterocycles. The lowest BCUT2D eigenvalue weighted by molar-refractivity contribution is 0.0697. The van der Waals surface area contributed by atoms with Crippen molar-refractivity contribution in [3.05, 3.63) is 54.0 Å². The lowest BCUT2D eigenvalue weighted by Crippen LogP contribution is -1.97. The van der Waals surface area contributed by atoms with Crippen molar-refractivity contribution >= 4 is 11.6 Å². The molecule has 0 spiro atoms. The maximum Gasteiger partial charge on any atom is 0.335 e. The lowest BCUT2D eigenvalue weighted by atomic mass is 10.2. The first-order chi connectivity index (χ1) is 9.15. The Kier molecular flexibility index (Phi) is 2.49. The Morgan fingerprint density at radius 3 is 2.79 bits per heavy atom. The zero-order chi connectivity index (χ0) is 13.4. The topological polar surface area (TPSA) is 67.5 Å². The van der Waals surface area contributed by atoms with E-state index < -0.39 is 11.8 Å². The summed E-state index contributed by atoms with van der Waals surface area (Å²) < 4.78 is 15.0. The molecule has 2 heterocycles. The number of pyridine rings is 1. The predicted molar refractivity (Wildman–Crippen MR) is 65.3 cm³/mol. The van der Waals surface area contributed by atoms with Crippen LogP contribution in [-0.2, 0) is 0 Å². The molecule has 3 aromatic rings. The maximum atomic E-state index is 13.6. The maximum absolute atomic E-state index is 13.6. The van der Waals surface area contributed by atoms with Crippen LogP contribution in [0.1, 0.15) is 10.4 Å². The van der Waals surface area contributed by atoms with Crippen LogP contribution < -0.4 is 0 Å². The number of benzene rings is 1. The van der Waals surface area contributed by atoms with Crippen LogP contribution in [0.2, 0.25) is 0 Å². The Morgan fingerprint density at radius 2 is 2.05 bits per heavy atom. The van der Waals surface area contributed by atoms with Crippen molar-refractivity contribution < 1.29 is 14.3 Å². The zero-order valence-electron chi connectivity index (χ0n) is 9.62. The molecule has 19 heavy (non-hydrogen) atoms. The molecule has 94 valence electrons. The van der Waals surface area contributed by atoms with Gasteiger partial charge in [0.2, 0.25) is 0 Å². The van der Waals surface area contributed by atoms with E-state index in [4.69, 9.17) is 5.11 Å². The molecule has 1 aromatic carbocycles. The van der Waals surface area contributed by atoms with Gasteiger partial charge < -0.3 is 5.11 Å². The number of carboxylic acid groups (broad SMARTS) is 1. The van der Waals surface area contributed by atoms with Crippen LogP contribution in [0, 0.1) is 5.82 Å². The average molecular weight is 257 g/mol. The van der Waals surface area contributed by atoms with Crippen molar-refractivity contribution in [1.82, 2.24) is 14.6 Å². The highest BCUT2D eigenvalue weighted by Crippen LogP contribution is 2.19. The third kappa shape index (κ3) is 1.93. The molecule has 0 saturated carbocycles. The van der Waals surface area contributed by atoms with Gasteiger partial charge >= 0.3 is 5.97 Å². The van der Waals surface area contributed by atoms with E-state index >= 15 is 0 Å². The Balaban J connectivity index is 2.17. The first-order valence-electron chi connectivity index (χ1n) is 5.50. The van der Waals surface area contributed by atoms with Gasteiger partial charge in [-0.05, 0) is 24.3 Å². The van der Waals surface area contributed by atoms with E-state index in [1.807, 2.05) is 0 Å². The molecule has 3 rings (SSSR count). The molecule has 0 radical (unpaired) electrons. The highest BCUT2D eigenvalue weighted by molar-refractivity contribution is 5.88. The van der Waals surface area contributed by atoms with Gasteiger partial charge in [0, 0.05) is 6.20 Å². The summed E-state index contributed by atoms with van der Waals surface area (Å²) in [6.45, 7) is 0. The van der Waals surface area contributed by atoms with Gasteiger partial charge in [-0.3, -0.25) is 0 Å². The molecule has 0 unspecified atom stereocenters. The minimum atomic E-state index is -1.04. The summed E-state index contributed by atoms with van der Waals surface area (Å²) in [5.41, 5.74) is 0.751. The number of halogens is 1. The molecule has 6 heteroatoms. The smallest absolute Gasteiger partial charge is 0.335 e. The van der Waals surface area contributed by atoms with Crippen molar-refractivity contribution in [2.75, 3.05) is 0 Å². The van der Waals surface area contributed by atoms with Gasteiger partial charge in [-0.1, -0.05) is 12.1 Å². The fraction of sp³-hybridized carbons (Fsp3) is 0. The van der Waals surface area contributed by atoms with Gasteiger partial charge in [-0.15, -0.1) is 5.10 Å². The Hall–Kier alpha value is -2.76. The Morgan fingerprint density at radius 1 is 1.26 bits per heavy atom.